The van der Waals surface area contributed by atoms with Crippen molar-refractivity contribution in [2.45, 2.75) is 38.5 Å². The van der Waals surface area contributed by atoms with E-state index in [4.69, 9.17) is 0 Å². The molecule has 2 aliphatic rings. The molecule has 0 heterocycles. The summed E-state index contributed by atoms with van der Waals surface area (Å²) in [4.78, 5) is 0. The van der Waals surface area contributed by atoms with Gasteiger partial charge in [-0.1, -0.05) is 392 Å². The van der Waals surface area contributed by atoms with Crippen molar-refractivity contribution < 1.29 is 0 Å². The Balaban J connectivity index is 0.000000139. The van der Waals surface area contributed by atoms with Gasteiger partial charge >= 0.3 is 0 Å². The lowest BCUT2D eigenvalue weighted by Gasteiger charge is -2.24. The van der Waals surface area contributed by atoms with Crippen molar-refractivity contribution in [3.8, 4) is 100 Å². The molecule has 0 radical (unpaired) electrons. The quantitative estimate of drug-likeness (QED) is 0.110. The highest BCUT2D eigenvalue weighted by Crippen LogP contribution is 2.57. The van der Waals surface area contributed by atoms with Gasteiger partial charge in [-0.15, -0.1) is 0 Å². The van der Waals surface area contributed by atoms with Gasteiger partial charge in [0.25, 0.3) is 0 Å². The summed E-state index contributed by atoms with van der Waals surface area (Å²) < 4.78 is 0. The molecule has 0 saturated carbocycles. The summed E-state index contributed by atoms with van der Waals surface area (Å²) in [6.45, 7) is 9.55. The zero-order chi connectivity index (χ0) is 77.1. The summed E-state index contributed by atoms with van der Waals surface area (Å²) in [5.41, 5.74) is 28.4. The van der Waals surface area contributed by atoms with Crippen LogP contribution in [0.15, 0.2) is 400 Å². The lowest BCUT2D eigenvalue weighted by atomic mass is 9.79. The largest absolute Gasteiger partial charge is 0.0616 e. The van der Waals surface area contributed by atoms with Gasteiger partial charge in [0.2, 0.25) is 0 Å². The van der Waals surface area contributed by atoms with Gasteiger partial charge in [0.05, 0.1) is 0 Å². The van der Waals surface area contributed by atoms with E-state index < -0.39 is 0 Å². The Labute approximate surface area is 675 Å². The fourth-order valence-corrected chi connectivity index (χ4v) is 20.8. The molecule has 0 heteroatoms. The van der Waals surface area contributed by atoms with Crippen LogP contribution < -0.4 is 0 Å². The van der Waals surface area contributed by atoms with Crippen molar-refractivity contribution >= 4 is 118 Å². The number of rotatable bonds is 7. The van der Waals surface area contributed by atoms with Gasteiger partial charge in [0.1, 0.15) is 0 Å². The number of benzene rings is 22. The Kier molecular flexibility index (Phi) is 15.2. The Morgan fingerprint density at radius 3 is 0.836 bits per heavy atom. The molecule has 22 aromatic rings. The Morgan fingerprint density at radius 1 is 0.138 bits per heavy atom. The Bertz CT molecular complexity index is 7920. The molecule has 116 heavy (non-hydrogen) atoms. The molecular formula is C116H78. The van der Waals surface area contributed by atoms with Crippen molar-refractivity contribution in [3.05, 3.63) is 423 Å². The van der Waals surface area contributed by atoms with Crippen LogP contribution in [-0.2, 0) is 10.8 Å². The fourth-order valence-electron chi connectivity index (χ4n) is 20.8. The van der Waals surface area contributed by atoms with Crippen molar-refractivity contribution in [3.63, 3.8) is 0 Å². The third kappa shape index (κ3) is 10.3. The first-order valence-corrected chi connectivity index (χ1v) is 40.9. The highest BCUT2D eigenvalue weighted by Gasteiger charge is 2.40. The maximum absolute atomic E-state index is 2.47. The van der Waals surface area contributed by atoms with E-state index in [-0.39, 0.29) is 10.8 Å². The van der Waals surface area contributed by atoms with E-state index in [1.165, 1.54) is 241 Å². The first kappa shape index (κ1) is 67.4. The van der Waals surface area contributed by atoms with Crippen LogP contribution >= 0.6 is 0 Å². The molecule has 0 N–H and O–H groups in total. The SMILES string of the molecule is CC1(C)c2ccc(-c3ccc(-c4ccc5c(-c6cccc7ccccc67)c6ccccc6c(-c6cccc7ccccc67)c5c4)cc3)cc2-c2c1c1ccccc1c1ccccc21.CC1(C)c2ccc(-c3ccc4c(-c5cccc6ccccc56)c5ccccc5c(-c5cccc6ccccc56)c4c3)cc2-c2cc3ccccc3cc21. The molecule has 0 amide bonds. The van der Waals surface area contributed by atoms with Crippen molar-refractivity contribution in [2.75, 3.05) is 0 Å². The van der Waals surface area contributed by atoms with Gasteiger partial charge < -0.3 is 0 Å². The minimum Gasteiger partial charge on any atom is -0.0616 e. The average Bonchev–Trinajstić information content (AvgIpc) is 1.51. The van der Waals surface area contributed by atoms with Crippen molar-refractivity contribution in [1.29, 1.82) is 0 Å². The summed E-state index contributed by atoms with van der Waals surface area (Å²) in [7, 11) is 0. The Morgan fingerprint density at radius 2 is 0.405 bits per heavy atom. The van der Waals surface area contributed by atoms with Gasteiger partial charge in [0, 0.05) is 10.8 Å². The highest BCUT2D eigenvalue weighted by molar-refractivity contribution is 6.28. The zero-order valence-corrected chi connectivity index (χ0v) is 65.1. The zero-order valence-electron chi connectivity index (χ0n) is 65.1. The second-order valence-corrected chi connectivity index (χ2v) is 33.2. The summed E-state index contributed by atoms with van der Waals surface area (Å²) in [5, 5.41) is 28.2. The number of fused-ring (bicyclic) bond motifs is 20. The van der Waals surface area contributed by atoms with Crippen LogP contribution in [0.25, 0.3) is 219 Å². The molecule has 0 spiro atoms. The molecule has 0 aliphatic heterocycles. The van der Waals surface area contributed by atoms with E-state index in [2.05, 4.69) is 428 Å². The molecule has 0 fully saturated rings. The molecule has 22 aromatic carbocycles. The van der Waals surface area contributed by atoms with Crippen LogP contribution in [0.4, 0.5) is 0 Å². The van der Waals surface area contributed by atoms with Crippen LogP contribution in [0.5, 0.6) is 0 Å². The summed E-state index contributed by atoms with van der Waals surface area (Å²) in [6, 6.07) is 150. The predicted octanol–water partition coefficient (Wildman–Crippen LogP) is 32.3. The van der Waals surface area contributed by atoms with Crippen LogP contribution in [0.3, 0.4) is 0 Å². The second kappa shape index (κ2) is 26.1. The minimum atomic E-state index is -0.115. The first-order valence-electron chi connectivity index (χ1n) is 40.9. The Hall–Kier alpha value is -14.3. The predicted molar refractivity (Wildman–Crippen MR) is 499 cm³/mol. The van der Waals surface area contributed by atoms with Crippen LogP contribution in [0.1, 0.15) is 49.9 Å². The monoisotopic (exact) mass is 1470 g/mol. The number of hydrogen-bond donors (Lipinski definition) is 0. The maximum atomic E-state index is 2.47. The van der Waals surface area contributed by atoms with Gasteiger partial charge in [-0.05, 0) is 277 Å². The van der Waals surface area contributed by atoms with Crippen molar-refractivity contribution in [1.82, 2.24) is 0 Å². The smallest absolute Gasteiger partial charge is 0.0165 e. The maximum Gasteiger partial charge on any atom is 0.0165 e. The van der Waals surface area contributed by atoms with E-state index >= 15 is 0 Å². The van der Waals surface area contributed by atoms with Crippen molar-refractivity contribution in [2.24, 2.45) is 0 Å². The van der Waals surface area contributed by atoms with E-state index in [0.29, 0.717) is 0 Å². The third-order valence-electron chi connectivity index (χ3n) is 26.2. The molecule has 0 unspecified atom stereocenters. The third-order valence-corrected chi connectivity index (χ3v) is 26.2. The molecule has 0 atom stereocenters. The van der Waals surface area contributed by atoms with Gasteiger partial charge in [0.15, 0.2) is 0 Å². The molecule has 0 aromatic heterocycles. The molecule has 2 aliphatic carbocycles. The topological polar surface area (TPSA) is 0 Å². The lowest BCUT2D eigenvalue weighted by Crippen LogP contribution is -2.15. The standard InChI is InChI=1S/C63H42.C53H36/c1-63(2)58-36-34-44(38-57(58)61-51-23-9-7-21-47(51)48-22-8-12-26-55(48)62(61)63)40-31-29-39(30-32-40)43-33-35-54-56(37-43)60(50-28-14-18-42-16-4-6-20-46(42)50)53-25-11-10-24-52(53)59(54)49-27-13-17-41-15-3-5-19-45(41)49;1-53(2)49-28-26-38(30-46(49)47-29-35-15-3-4-16-36(35)32-50(47)53)37-25-27-45-48(31-37)52(42-24-12-18-34-14-6-8-20-40(34)42)44-22-10-9-21-43(44)51(45)41-23-11-17-33-13-5-7-19-39(33)41/h3-38H,1-2H3;3-32H,1-2H3. The first-order chi connectivity index (χ1) is 57.1. The fraction of sp³-hybridized carbons (Fsp3) is 0.0517. The van der Waals surface area contributed by atoms with E-state index in [0.717, 1.165) is 0 Å². The lowest BCUT2D eigenvalue weighted by molar-refractivity contribution is 0.661. The van der Waals surface area contributed by atoms with Crippen LogP contribution in [0.2, 0.25) is 0 Å². The normalized spacial score (nSPS) is 13.1. The van der Waals surface area contributed by atoms with Crippen LogP contribution in [0, 0.1) is 0 Å². The second-order valence-electron chi connectivity index (χ2n) is 33.2. The summed E-state index contributed by atoms with van der Waals surface area (Å²) >= 11 is 0. The van der Waals surface area contributed by atoms with Gasteiger partial charge in [-0.25, -0.2) is 0 Å². The average molecular weight is 1470 g/mol. The van der Waals surface area contributed by atoms with E-state index in [9.17, 15) is 0 Å². The molecule has 24 rings (SSSR count). The summed E-state index contributed by atoms with van der Waals surface area (Å²) in [5.74, 6) is 0. The highest BCUT2D eigenvalue weighted by atomic mass is 14.4. The molecule has 542 valence electrons. The molecule has 0 nitrogen and oxygen atoms in total. The van der Waals surface area contributed by atoms with Gasteiger partial charge in [-0.3, -0.25) is 0 Å². The van der Waals surface area contributed by atoms with E-state index in [1.807, 2.05) is 0 Å². The van der Waals surface area contributed by atoms with Gasteiger partial charge in [-0.2, -0.15) is 0 Å². The molecular weight excluding hydrogens is 1390 g/mol. The summed E-state index contributed by atoms with van der Waals surface area (Å²) in [6.07, 6.45) is 0. The molecule has 0 saturated heterocycles. The van der Waals surface area contributed by atoms with Crippen LogP contribution in [-0.4, -0.2) is 0 Å². The molecule has 0 bridgehead atoms. The number of hydrogen-bond acceptors (Lipinski definition) is 0. The van der Waals surface area contributed by atoms with E-state index in [1.54, 1.807) is 0 Å². The minimum absolute atomic E-state index is 0.0651.